The normalized spacial score (nSPS) is 15.1. The summed E-state index contributed by atoms with van der Waals surface area (Å²) >= 11 is 1.66. The Morgan fingerprint density at radius 1 is 1.12 bits per heavy atom. The molecule has 26 heavy (non-hydrogen) atoms. The van der Waals surface area contributed by atoms with Gasteiger partial charge >= 0.3 is 0 Å². The van der Waals surface area contributed by atoms with E-state index in [1.807, 2.05) is 41.5 Å². The maximum Gasteiger partial charge on any atom is 0.253 e. The fourth-order valence-corrected chi connectivity index (χ4v) is 3.50. The van der Waals surface area contributed by atoms with Crippen LogP contribution in [0.2, 0.25) is 0 Å². The van der Waals surface area contributed by atoms with Crippen molar-refractivity contribution in [1.82, 2.24) is 9.80 Å². The van der Waals surface area contributed by atoms with Crippen molar-refractivity contribution in [3.8, 4) is 5.75 Å². The number of benzene rings is 2. The lowest BCUT2D eigenvalue weighted by Crippen LogP contribution is -2.48. The molecule has 0 atom stereocenters. The van der Waals surface area contributed by atoms with Crippen LogP contribution in [0.1, 0.15) is 15.9 Å². The van der Waals surface area contributed by atoms with E-state index in [1.54, 1.807) is 17.8 Å². The summed E-state index contributed by atoms with van der Waals surface area (Å²) in [7, 11) is 1.46. The lowest BCUT2D eigenvalue weighted by atomic mass is 10.1. The van der Waals surface area contributed by atoms with Crippen molar-refractivity contribution >= 4 is 17.7 Å². The fourth-order valence-electron chi connectivity index (χ4n) is 3.09. The Morgan fingerprint density at radius 2 is 1.81 bits per heavy atom. The van der Waals surface area contributed by atoms with Crippen LogP contribution >= 0.6 is 11.8 Å². The summed E-state index contributed by atoms with van der Waals surface area (Å²) < 4.78 is 18.8. The first-order valence-electron chi connectivity index (χ1n) is 8.59. The molecule has 2 aromatic rings. The molecule has 1 fully saturated rings. The zero-order valence-electron chi connectivity index (χ0n) is 15.1. The first-order valence-corrected chi connectivity index (χ1v) is 9.81. The van der Waals surface area contributed by atoms with Crippen molar-refractivity contribution in [2.75, 3.05) is 39.5 Å². The van der Waals surface area contributed by atoms with Crippen molar-refractivity contribution < 1.29 is 13.9 Å². The molecular formula is C20H23FN2O2S. The van der Waals surface area contributed by atoms with Gasteiger partial charge in [0.05, 0.1) is 7.11 Å². The molecule has 1 amide bonds. The van der Waals surface area contributed by atoms with Crippen LogP contribution in [0, 0.1) is 5.82 Å². The van der Waals surface area contributed by atoms with Gasteiger partial charge in [0.1, 0.15) is 0 Å². The number of piperazine rings is 1. The van der Waals surface area contributed by atoms with Crippen molar-refractivity contribution in [3.05, 3.63) is 59.4 Å². The molecule has 6 heteroatoms. The molecular weight excluding hydrogens is 351 g/mol. The van der Waals surface area contributed by atoms with Crippen LogP contribution in [0.25, 0.3) is 0 Å². The van der Waals surface area contributed by atoms with Gasteiger partial charge in [0.2, 0.25) is 0 Å². The summed E-state index contributed by atoms with van der Waals surface area (Å²) in [6.07, 6.45) is 2.02. The smallest absolute Gasteiger partial charge is 0.253 e. The Balaban J connectivity index is 1.55. The second-order valence-corrected chi connectivity index (χ2v) is 7.15. The molecule has 1 aliphatic rings. The number of ether oxygens (including phenoxy) is 1. The third-order valence-corrected chi connectivity index (χ3v) is 5.36. The highest BCUT2D eigenvalue weighted by Gasteiger charge is 2.22. The number of carbonyl (C=O) groups excluding carboxylic acids is 1. The van der Waals surface area contributed by atoms with Crippen LogP contribution in [0.3, 0.4) is 0 Å². The topological polar surface area (TPSA) is 32.8 Å². The van der Waals surface area contributed by atoms with Crippen LogP contribution in [-0.2, 0) is 6.54 Å². The summed E-state index contributed by atoms with van der Waals surface area (Å²) in [4.78, 5) is 17.9. The molecule has 0 radical (unpaired) electrons. The molecule has 0 spiro atoms. The van der Waals surface area contributed by atoms with Gasteiger partial charge in [0.15, 0.2) is 11.6 Å². The Hall–Kier alpha value is -2.05. The number of amides is 1. The molecule has 0 saturated carbocycles. The van der Waals surface area contributed by atoms with Gasteiger partial charge in [-0.3, -0.25) is 9.69 Å². The summed E-state index contributed by atoms with van der Waals surface area (Å²) in [5.41, 5.74) is 1.64. The van der Waals surface area contributed by atoms with Crippen molar-refractivity contribution in [1.29, 1.82) is 0 Å². The van der Waals surface area contributed by atoms with E-state index < -0.39 is 0 Å². The quantitative estimate of drug-likeness (QED) is 0.750. The van der Waals surface area contributed by atoms with Gasteiger partial charge in [-0.1, -0.05) is 6.07 Å². The van der Waals surface area contributed by atoms with Gasteiger partial charge in [-0.25, -0.2) is 4.39 Å². The highest BCUT2D eigenvalue weighted by molar-refractivity contribution is 7.98. The first-order chi connectivity index (χ1) is 12.6. The average Bonchev–Trinajstić information content (AvgIpc) is 2.68. The predicted molar refractivity (Wildman–Crippen MR) is 102 cm³/mol. The van der Waals surface area contributed by atoms with Gasteiger partial charge < -0.3 is 9.64 Å². The van der Waals surface area contributed by atoms with Gasteiger partial charge in [-0.2, -0.15) is 0 Å². The number of nitrogens with zero attached hydrogens (tertiary/aromatic N) is 2. The molecule has 1 saturated heterocycles. The fraction of sp³-hybridized carbons (Fsp3) is 0.350. The van der Waals surface area contributed by atoms with Crippen LogP contribution in [0.4, 0.5) is 4.39 Å². The Labute approximate surface area is 157 Å². The zero-order chi connectivity index (χ0) is 18.5. The molecule has 3 rings (SSSR count). The minimum atomic E-state index is -0.340. The molecule has 0 aliphatic carbocycles. The molecule has 4 nitrogen and oxygen atoms in total. The van der Waals surface area contributed by atoms with Gasteiger partial charge in [0, 0.05) is 43.2 Å². The number of thioether (sulfide) groups is 1. The molecule has 1 aliphatic heterocycles. The van der Waals surface area contributed by atoms with Crippen molar-refractivity contribution in [2.45, 2.75) is 11.4 Å². The van der Waals surface area contributed by atoms with Crippen LogP contribution in [-0.4, -0.2) is 55.3 Å². The van der Waals surface area contributed by atoms with E-state index in [-0.39, 0.29) is 17.5 Å². The maximum atomic E-state index is 13.8. The summed E-state index contributed by atoms with van der Waals surface area (Å²) in [5, 5.41) is 0. The van der Waals surface area contributed by atoms with Crippen molar-refractivity contribution in [3.63, 3.8) is 0 Å². The van der Waals surface area contributed by atoms with Crippen LogP contribution < -0.4 is 4.74 Å². The average molecular weight is 374 g/mol. The summed E-state index contributed by atoms with van der Waals surface area (Å²) in [5.74, 6) is -0.00282. The standard InChI is InChI=1S/C20H23FN2O2S/c1-25-19-8-3-15(13-18(19)21)14-22-9-11-23(12-10-22)20(24)16-4-6-17(26-2)7-5-16/h3-8,13H,9-12,14H2,1-2H3. The first kappa shape index (κ1) is 18.7. The largest absolute Gasteiger partial charge is 0.494 e. The monoisotopic (exact) mass is 374 g/mol. The minimum absolute atomic E-state index is 0.0767. The number of carbonyl (C=O) groups is 1. The number of halogens is 1. The number of hydrogen-bond acceptors (Lipinski definition) is 4. The van der Waals surface area contributed by atoms with E-state index in [2.05, 4.69) is 4.90 Å². The lowest BCUT2D eigenvalue weighted by molar-refractivity contribution is 0.0628. The van der Waals surface area contributed by atoms with E-state index in [4.69, 9.17) is 4.74 Å². The highest BCUT2D eigenvalue weighted by Crippen LogP contribution is 2.20. The minimum Gasteiger partial charge on any atom is -0.494 e. The Kier molecular flexibility index (Phi) is 6.16. The Morgan fingerprint density at radius 3 is 2.38 bits per heavy atom. The van der Waals surface area contributed by atoms with E-state index in [0.717, 1.165) is 29.1 Å². The molecule has 1 heterocycles. The number of rotatable bonds is 5. The molecule has 0 bridgehead atoms. The zero-order valence-corrected chi connectivity index (χ0v) is 15.9. The highest BCUT2D eigenvalue weighted by atomic mass is 32.2. The Bertz CT molecular complexity index is 759. The number of methoxy groups -OCH3 is 1. The van der Waals surface area contributed by atoms with Crippen molar-refractivity contribution in [2.24, 2.45) is 0 Å². The number of hydrogen-bond donors (Lipinski definition) is 0. The maximum absolute atomic E-state index is 13.8. The summed E-state index contributed by atoms with van der Waals surface area (Å²) in [6, 6.07) is 12.8. The lowest BCUT2D eigenvalue weighted by Gasteiger charge is -2.34. The van der Waals surface area contributed by atoms with Crippen LogP contribution in [0.5, 0.6) is 5.75 Å². The second kappa shape index (κ2) is 8.56. The van der Waals surface area contributed by atoms with Crippen LogP contribution in [0.15, 0.2) is 47.4 Å². The molecule has 0 N–H and O–H groups in total. The molecule has 2 aromatic carbocycles. The third-order valence-electron chi connectivity index (χ3n) is 4.62. The van der Waals surface area contributed by atoms with E-state index in [1.165, 1.54) is 13.2 Å². The summed E-state index contributed by atoms with van der Waals surface area (Å²) in [6.45, 7) is 3.60. The van der Waals surface area contributed by atoms with E-state index in [9.17, 15) is 9.18 Å². The SMILES string of the molecule is COc1ccc(CN2CCN(C(=O)c3ccc(SC)cc3)CC2)cc1F. The van der Waals surface area contributed by atoms with Gasteiger partial charge in [0.25, 0.3) is 5.91 Å². The van der Waals surface area contributed by atoms with E-state index in [0.29, 0.717) is 19.6 Å². The van der Waals surface area contributed by atoms with E-state index >= 15 is 0 Å². The second-order valence-electron chi connectivity index (χ2n) is 6.27. The van der Waals surface area contributed by atoms with Gasteiger partial charge in [-0.15, -0.1) is 11.8 Å². The predicted octanol–water partition coefficient (Wildman–Crippen LogP) is 3.51. The van der Waals surface area contributed by atoms with Gasteiger partial charge in [-0.05, 0) is 48.2 Å². The molecule has 138 valence electrons. The third kappa shape index (κ3) is 4.37. The molecule has 0 unspecified atom stereocenters. The molecule has 0 aromatic heterocycles.